The van der Waals surface area contributed by atoms with Crippen LogP contribution in [0.4, 0.5) is 5.69 Å². The van der Waals surface area contributed by atoms with Gasteiger partial charge in [-0.25, -0.2) is 4.98 Å². The Balaban J connectivity index is 1.96. The molecule has 0 saturated heterocycles. The Labute approximate surface area is 116 Å². The molecule has 0 spiro atoms. The minimum Gasteiger partial charge on any atom is -0.392 e. The first-order valence-electron chi connectivity index (χ1n) is 6.11. The molecule has 98 valence electrons. The van der Waals surface area contributed by atoms with Crippen molar-refractivity contribution in [1.29, 1.82) is 0 Å². The van der Waals surface area contributed by atoms with Crippen molar-refractivity contribution < 1.29 is 5.11 Å². The number of pyridine rings is 2. The number of aliphatic hydroxyl groups is 1. The molecular weight excluding hydrogens is 262 g/mol. The third-order valence-electron chi connectivity index (χ3n) is 3.57. The molecular formula is C14H14ClN3O. The Kier molecular flexibility index (Phi) is 3.12. The standard InChI is InChI=1S/C14H14ClN3O/c1-18-12(10-2-9(8-19)5-16-6-10)3-11-7-17-14(15)4-13(11)18/h2,4-7,12,19H,3,8H2,1H3. The summed E-state index contributed by atoms with van der Waals surface area (Å²) in [5.74, 6) is 0. The number of hydrogen-bond donors (Lipinski definition) is 1. The number of aliphatic hydroxyl groups excluding tert-OH is 1. The van der Waals surface area contributed by atoms with E-state index in [4.69, 9.17) is 11.6 Å². The second kappa shape index (κ2) is 4.79. The van der Waals surface area contributed by atoms with Crippen LogP contribution in [0.25, 0.3) is 0 Å². The van der Waals surface area contributed by atoms with E-state index in [9.17, 15) is 5.11 Å². The molecule has 1 N–H and O–H groups in total. The van der Waals surface area contributed by atoms with Gasteiger partial charge in [0.1, 0.15) is 5.15 Å². The van der Waals surface area contributed by atoms with Crippen molar-refractivity contribution in [2.75, 3.05) is 11.9 Å². The van der Waals surface area contributed by atoms with Crippen molar-refractivity contribution in [2.45, 2.75) is 19.1 Å². The van der Waals surface area contributed by atoms with Gasteiger partial charge in [0.25, 0.3) is 0 Å². The molecule has 1 aliphatic rings. The Morgan fingerprint density at radius 3 is 3.00 bits per heavy atom. The molecule has 2 aromatic rings. The second-order valence-corrected chi connectivity index (χ2v) is 5.14. The topological polar surface area (TPSA) is 49.2 Å². The van der Waals surface area contributed by atoms with Gasteiger partial charge < -0.3 is 10.0 Å². The van der Waals surface area contributed by atoms with Crippen molar-refractivity contribution in [3.8, 4) is 0 Å². The lowest BCUT2D eigenvalue weighted by Gasteiger charge is -2.23. The normalized spacial score (nSPS) is 17.6. The number of fused-ring (bicyclic) bond motifs is 1. The van der Waals surface area contributed by atoms with Crippen molar-refractivity contribution in [3.63, 3.8) is 0 Å². The van der Waals surface area contributed by atoms with Crippen molar-refractivity contribution in [2.24, 2.45) is 0 Å². The van der Waals surface area contributed by atoms with E-state index >= 15 is 0 Å². The number of halogens is 1. The third-order valence-corrected chi connectivity index (χ3v) is 3.78. The fourth-order valence-corrected chi connectivity index (χ4v) is 2.72. The average molecular weight is 276 g/mol. The fraction of sp³-hybridized carbons (Fsp3) is 0.286. The molecule has 2 aromatic heterocycles. The highest BCUT2D eigenvalue weighted by molar-refractivity contribution is 6.29. The van der Waals surface area contributed by atoms with Gasteiger partial charge in [-0.15, -0.1) is 0 Å². The van der Waals surface area contributed by atoms with Gasteiger partial charge in [-0.05, 0) is 28.8 Å². The lowest BCUT2D eigenvalue weighted by Crippen LogP contribution is -2.20. The van der Waals surface area contributed by atoms with Crippen LogP contribution in [-0.4, -0.2) is 22.1 Å². The van der Waals surface area contributed by atoms with Crippen LogP contribution in [0.15, 0.2) is 30.7 Å². The fourth-order valence-electron chi connectivity index (χ4n) is 2.57. The minimum absolute atomic E-state index is 0.0115. The predicted octanol–water partition coefficient (Wildman–Crippen LogP) is 2.36. The van der Waals surface area contributed by atoms with Crippen LogP contribution < -0.4 is 4.90 Å². The van der Waals surface area contributed by atoms with E-state index in [1.807, 2.05) is 31.6 Å². The summed E-state index contributed by atoms with van der Waals surface area (Å²) >= 11 is 5.95. The predicted molar refractivity (Wildman–Crippen MR) is 74.3 cm³/mol. The molecule has 0 saturated carbocycles. The molecule has 0 amide bonds. The summed E-state index contributed by atoms with van der Waals surface area (Å²) in [7, 11) is 2.04. The number of rotatable bonds is 2. The third kappa shape index (κ3) is 2.17. The van der Waals surface area contributed by atoms with E-state index in [1.165, 1.54) is 5.56 Å². The van der Waals surface area contributed by atoms with Gasteiger partial charge in [-0.3, -0.25) is 4.98 Å². The van der Waals surface area contributed by atoms with Gasteiger partial charge in [-0.1, -0.05) is 11.6 Å². The second-order valence-electron chi connectivity index (χ2n) is 4.75. The monoisotopic (exact) mass is 275 g/mol. The molecule has 5 heteroatoms. The van der Waals surface area contributed by atoms with Crippen LogP contribution in [0.2, 0.25) is 5.15 Å². The first kappa shape index (κ1) is 12.4. The summed E-state index contributed by atoms with van der Waals surface area (Å²) < 4.78 is 0. The van der Waals surface area contributed by atoms with Crippen molar-refractivity contribution in [1.82, 2.24) is 9.97 Å². The lowest BCUT2D eigenvalue weighted by atomic mass is 10.0. The summed E-state index contributed by atoms with van der Waals surface area (Å²) in [4.78, 5) is 10.5. The summed E-state index contributed by atoms with van der Waals surface area (Å²) in [6.07, 6.45) is 6.25. The Morgan fingerprint density at radius 2 is 2.21 bits per heavy atom. The lowest BCUT2D eigenvalue weighted by molar-refractivity contribution is 0.281. The highest BCUT2D eigenvalue weighted by Gasteiger charge is 2.28. The maximum absolute atomic E-state index is 9.20. The first-order valence-corrected chi connectivity index (χ1v) is 6.49. The summed E-state index contributed by atoms with van der Waals surface area (Å²) in [5, 5.41) is 9.71. The quantitative estimate of drug-likeness (QED) is 0.855. The van der Waals surface area contributed by atoms with Gasteiger partial charge >= 0.3 is 0 Å². The smallest absolute Gasteiger partial charge is 0.131 e. The summed E-state index contributed by atoms with van der Waals surface area (Å²) in [6, 6.07) is 4.10. The summed E-state index contributed by atoms with van der Waals surface area (Å²) in [5.41, 5.74) is 4.23. The number of anilines is 1. The molecule has 0 bridgehead atoms. The van der Waals surface area contributed by atoms with Crippen LogP contribution in [0.1, 0.15) is 22.7 Å². The number of likely N-dealkylation sites (N-methyl/N-ethyl adjacent to an activating group) is 1. The van der Waals surface area contributed by atoms with Gasteiger partial charge in [0, 0.05) is 37.7 Å². The van der Waals surface area contributed by atoms with Gasteiger partial charge in [0.05, 0.1) is 12.6 Å². The van der Waals surface area contributed by atoms with E-state index in [-0.39, 0.29) is 12.6 Å². The van der Waals surface area contributed by atoms with Gasteiger partial charge in [0.15, 0.2) is 0 Å². The van der Waals surface area contributed by atoms with E-state index in [1.54, 1.807) is 6.20 Å². The zero-order valence-electron chi connectivity index (χ0n) is 10.5. The molecule has 0 aliphatic carbocycles. The van der Waals surface area contributed by atoms with Crippen molar-refractivity contribution >= 4 is 17.3 Å². The summed E-state index contributed by atoms with van der Waals surface area (Å²) in [6.45, 7) is 0.0115. The van der Waals surface area contributed by atoms with Gasteiger partial charge in [0.2, 0.25) is 0 Å². The largest absolute Gasteiger partial charge is 0.392 e. The maximum Gasteiger partial charge on any atom is 0.131 e. The zero-order valence-corrected chi connectivity index (χ0v) is 11.3. The SMILES string of the molecule is CN1c2cc(Cl)ncc2CC1c1cncc(CO)c1. The van der Waals surface area contributed by atoms with Crippen LogP contribution in [0.5, 0.6) is 0 Å². The molecule has 0 radical (unpaired) electrons. The molecule has 1 unspecified atom stereocenters. The molecule has 19 heavy (non-hydrogen) atoms. The maximum atomic E-state index is 9.20. The first-order chi connectivity index (χ1) is 9.19. The van der Waals surface area contributed by atoms with Crippen LogP contribution in [-0.2, 0) is 13.0 Å². The number of nitrogens with zero attached hydrogens (tertiary/aromatic N) is 3. The van der Waals surface area contributed by atoms with E-state index in [2.05, 4.69) is 14.9 Å². The minimum atomic E-state index is 0.0115. The molecule has 3 rings (SSSR count). The van der Waals surface area contributed by atoms with Crippen LogP contribution in [0, 0.1) is 0 Å². The van der Waals surface area contributed by atoms with Gasteiger partial charge in [-0.2, -0.15) is 0 Å². The van der Waals surface area contributed by atoms with Crippen molar-refractivity contribution in [3.05, 3.63) is 52.6 Å². The molecule has 3 heterocycles. The van der Waals surface area contributed by atoms with E-state index in [0.717, 1.165) is 23.2 Å². The molecule has 4 nitrogen and oxygen atoms in total. The highest BCUT2D eigenvalue weighted by atomic mass is 35.5. The Hall–Kier alpha value is -1.65. The Morgan fingerprint density at radius 1 is 1.37 bits per heavy atom. The molecule has 1 atom stereocenters. The highest BCUT2D eigenvalue weighted by Crippen LogP contribution is 2.39. The van der Waals surface area contributed by atoms with E-state index in [0.29, 0.717) is 5.15 Å². The van der Waals surface area contributed by atoms with E-state index < -0.39 is 0 Å². The molecule has 0 fully saturated rings. The number of aromatic nitrogens is 2. The number of hydrogen-bond acceptors (Lipinski definition) is 4. The molecule has 1 aliphatic heterocycles. The average Bonchev–Trinajstić information content (AvgIpc) is 2.76. The molecule has 0 aromatic carbocycles. The van der Waals surface area contributed by atoms with Crippen LogP contribution in [0.3, 0.4) is 0 Å². The Bertz CT molecular complexity index is 617. The van der Waals surface area contributed by atoms with Crippen LogP contribution >= 0.6 is 11.6 Å². The zero-order chi connectivity index (χ0) is 13.4.